The number of fused-ring (bicyclic) bond motifs is 5. The molecule has 1 unspecified atom stereocenters. The van der Waals surface area contributed by atoms with Gasteiger partial charge in [0.05, 0.1) is 24.4 Å². The highest BCUT2D eigenvalue weighted by atomic mass is 16.7. The Hall–Kier alpha value is -0.580. The van der Waals surface area contributed by atoms with Crippen LogP contribution in [-0.4, -0.2) is 85.8 Å². The fourth-order valence-corrected chi connectivity index (χ4v) is 11.8. The van der Waals surface area contributed by atoms with E-state index in [2.05, 4.69) is 61.5 Å². The van der Waals surface area contributed by atoms with E-state index < -0.39 is 49.0 Å². The maximum absolute atomic E-state index is 12.2. The Morgan fingerprint density at radius 1 is 0.864 bits per heavy atom. The van der Waals surface area contributed by atoms with Crippen molar-refractivity contribution in [3.8, 4) is 0 Å². The molecule has 4 saturated carbocycles. The summed E-state index contributed by atoms with van der Waals surface area (Å²) in [5.41, 5.74) is 0.171. The van der Waals surface area contributed by atoms with Crippen LogP contribution in [0.3, 0.4) is 0 Å². The van der Waals surface area contributed by atoms with Crippen molar-refractivity contribution in [1.29, 1.82) is 0 Å². The number of rotatable bonds is 7. The van der Waals surface area contributed by atoms with E-state index in [1.807, 2.05) is 0 Å². The minimum Gasteiger partial charge on any atom is -0.394 e. The first-order valence-electron chi connectivity index (χ1n) is 17.3. The van der Waals surface area contributed by atoms with Crippen molar-refractivity contribution in [2.24, 2.45) is 45.3 Å². The van der Waals surface area contributed by atoms with Crippen molar-refractivity contribution in [3.63, 3.8) is 0 Å². The Morgan fingerprint density at radius 2 is 1.52 bits per heavy atom. The van der Waals surface area contributed by atoms with Crippen LogP contribution in [0.1, 0.15) is 113 Å². The second kappa shape index (κ2) is 11.8. The molecule has 8 heteroatoms. The predicted molar refractivity (Wildman–Crippen MR) is 168 cm³/mol. The van der Waals surface area contributed by atoms with Crippen LogP contribution in [0.2, 0.25) is 0 Å². The second-order valence-electron chi connectivity index (χ2n) is 17.3. The van der Waals surface area contributed by atoms with Gasteiger partial charge < -0.3 is 40.1 Å². The van der Waals surface area contributed by atoms with Crippen molar-refractivity contribution < 1.29 is 40.1 Å². The number of aliphatic hydroxyl groups is 6. The number of hydrogen-bond acceptors (Lipinski definition) is 8. The molecule has 6 N–H and O–H groups in total. The van der Waals surface area contributed by atoms with Crippen LogP contribution >= 0.6 is 0 Å². The summed E-state index contributed by atoms with van der Waals surface area (Å²) in [6, 6.07) is 0. The monoisotopic (exact) mass is 622 g/mol. The van der Waals surface area contributed by atoms with Gasteiger partial charge >= 0.3 is 0 Å². The molecular weight excluding hydrogens is 560 g/mol. The van der Waals surface area contributed by atoms with Crippen molar-refractivity contribution in [2.45, 2.75) is 162 Å². The molecule has 0 aromatic carbocycles. The molecule has 1 heterocycles. The molecule has 254 valence electrons. The standard InChI is InChI=1S/C36H62O8/c1-20(2)10-9-14-36(8,44-31-30(42)29(41)28(40)23(19-37)43-31)21-11-16-35(7)27(21)22(38)18-25-33(5)15-13-26(39)32(3,4)24(33)12-17-34(25,35)6/h10,21-31,37-42H,9,11-19H2,1-8H3/t21-,22+,23+,24-,25+,26-,27-,28+,29-,30+,31-,33-,34+,35?,36-/m0/s1. The van der Waals surface area contributed by atoms with E-state index in [0.717, 1.165) is 51.4 Å². The van der Waals surface area contributed by atoms with Crippen LogP contribution < -0.4 is 0 Å². The molecule has 5 fully saturated rings. The van der Waals surface area contributed by atoms with Crippen molar-refractivity contribution in [3.05, 3.63) is 11.6 Å². The lowest BCUT2D eigenvalue weighted by Gasteiger charge is -2.70. The molecule has 44 heavy (non-hydrogen) atoms. The summed E-state index contributed by atoms with van der Waals surface area (Å²) < 4.78 is 12.6. The molecule has 5 aliphatic rings. The molecule has 0 amide bonds. The molecular formula is C36H62O8. The molecule has 8 nitrogen and oxygen atoms in total. The van der Waals surface area contributed by atoms with E-state index in [0.29, 0.717) is 18.3 Å². The van der Waals surface area contributed by atoms with E-state index in [1.54, 1.807) is 0 Å². The molecule has 0 radical (unpaired) electrons. The van der Waals surface area contributed by atoms with Crippen LogP contribution in [0.25, 0.3) is 0 Å². The van der Waals surface area contributed by atoms with Gasteiger partial charge in [-0.2, -0.15) is 0 Å². The fraction of sp³-hybridized carbons (Fsp3) is 0.944. The summed E-state index contributed by atoms with van der Waals surface area (Å²) in [5.74, 6) is 0.713. The van der Waals surface area contributed by atoms with Gasteiger partial charge in [0.25, 0.3) is 0 Å². The summed E-state index contributed by atoms with van der Waals surface area (Å²) in [5, 5.41) is 65.0. The zero-order valence-corrected chi connectivity index (χ0v) is 28.5. The first-order chi connectivity index (χ1) is 20.4. The third-order valence-corrected chi connectivity index (χ3v) is 14.6. The minimum atomic E-state index is -1.50. The first kappa shape index (κ1) is 34.7. The lowest BCUT2D eigenvalue weighted by molar-refractivity contribution is -0.336. The summed E-state index contributed by atoms with van der Waals surface area (Å²) in [6.07, 6.45) is 2.60. The molecule has 5 rings (SSSR count). The van der Waals surface area contributed by atoms with Gasteiger partial charge in [0.1, 0.15) is 24.4 Å². The largest absolute Gasteiger partial charge is 0.394 e. The SMILES string of the molecule is CC(C)=CCC[C@](C)(O[C@@H]1O[C@H](CO)[C@@H](O)[C@H](O)[C@H]1O)[C@H]1CCC2(C)[C@@H]1[C@H](O)C[C@@H]1[C@@]3(C)CC[C@H](O)C(C)(C)[C@@H]3CC[C@]12C. The average molecular weight is 623 g/mol. The lowest BCUT2D eigenvalue weighted by atomic mass is 9.35. The topological polar surface area (TPSA) is 140 Å². The molecule has 0 spiro atoms. The lowest BCUT2D eigenvalue weighted by Crippen LogP contribution is -2.67. The number of aliphatic hydroxyl groups excluding tert-OH is 6. The zero-order chi connectivity index (χ0) is 32.6. The number of ether oxygens (including phenoxy) is 2. The quantitative estimate of drug-likeness (QED) is 0.231. The van der Waals surface area contributed by atoms with Crippen LogP contribution in [0.4, 0.5) is 0 Å². The third kappa shape index (κ3) is 5.17. The van der Waals surface area contributed by atoms with Crippen molar-refractivity contribution in [1.82, 2.24) is 0 Å². The highest BCUT2D eigenvalue weighted by molar-refractivity contribution is 5.20. The highest BCUT2D eigenvalue weighted by Crippen LogP contribution is 2.76. The maximum atomic E-state index is 12.2. The molecule has 1 saturated heterocycles. The summed E-state index contributed by atoms with van der Waals surface area (Å²) >= 11 is 0. The van der Waals surface area contributed by atoms with Gasteiger partial charge in [-0.15, -0.1) is 0 Å². The summed E-state index contributed by atoms with van der Waals surface area (Å²) in [7, 11) is 0. The van der Waals surface area contributed by atoms with E-state index in [1.165, 1.54) is 5.57 Å². The number of hydrogen-bond donors (Lipinski definition) is 6. The van der Waals surface area contributed by atoms with Gasteiger partial charge in [-0.3, -0.25) is 0 Å². The van der Waals surface area contributed by atoms with Gasteiger partial charge in [0.15, 0.2) is 6.29 Å². The zero-order valence-electron chi connectivity index (χ0n) is 28.5. The van der Waals surface area contributed by atoms with Gasteiger partial charge in [0, 0.05) is 0 Å². The average Bonchev–Trinajstić information content (AvgIpc) is 3.33. The third-order valence-electron chi connectivity index (χ3n) is 14.6. The van der Waals surface area contributed by atoms with Gasteiger partial charge in [-0.25, -0.2) is 0 Å². The first-order valence-corrected chi connectivity index (χ1v) is 17.3. The Kier molecular flexibility index (Phi) is 9.35. The number of allylic oxidation sites excluding steroid dienone is 2. The Morgan fingerprint density at radius 3 is 2.16 bits per heavy atom. The fourth-order valence-electron chi connectivity index (χ4n) is 11.8. The van der Waals surface area contributed by atoms with E-state index in [4.69, 9.17) is 9.47 Å². The molecule has 0 aromatic rings. The Bertz CT molecular complexity index is 1070. The predicted octanol–water partition coefficient (Wildman–Crippen LogP) is 4.32. The van der Waals surface area contributed by atoms with E-state index >= 15 is 0 Å². The smallest absolute Gasteiger partial charge is 0.187 e. The molecule has 15 atom stereocenters. The normalized spacial score (nSPS) is 51.5. The summed E-state index contributed by atoms with van der Waals surface area (Å²) in [6.45, 7) is 17.5. The van der Waals surface area contributed by atoms with Crippen LogP contribution in [0, 0.1) is 45.3 Å². The van der Waals surface area contributed by atoms with Gasteiger partial charge in [-0.05, 0) is 124 Å². The van der Waals surface area contributed by atoms with Crippen LogP contribution in [-0.2, 0) is 9.47 Å². The molecule has 4 aliphatic carbocycles. The Balaban J connectivity index is 1.49. The van der Waals surface area contributed by atoms with Crippen molar-refractivity contribution >= 4 is 0 Å². The van der Waals surface area contributed by atoms with Gasteiger partial charge in [-0.1, -0.05) is 46.3 Å². The molecule has 0 aromatic heterocycles. The minimum absolute atomic E-state index is 0.0131. The van der Waals surface area contributed by atoms with Crippen molar-refractivity contribution in [2.75, 3.05) is 6.61 Å². The maximum Gasteiger partial charge on any atom is 0.187 e. The molecule has 0 bridgehead atoms. The van der Waals surface area contributed by atoms with Crippen LogP contribution in [0.15, 0.2) is 11.6 Å². The van der Waals surface area contributed by atoms with Crippen LogP contribution in [0.5, 0.6) is 0 Å². The summed E-state index contributed by atoms with van der Waals surface area (Å²) in [4.78, 5) is 0. The Labute approximate surface area is 265 Å². The van der Waals surface area contributed by atoms with E-state index in [9.17, 15) is 30.6 Å². The highest BCUT2D eigenvalue weighted by Gasteiger charge is 2.71. The van der Waals surface area contributed by atoms with Gasteiger partial charge in [0.2, 0.25) is 0 Å². The van der Waals surface area contributed by atoms with E-state index in [-0.39, 0.29) is 39.6 Å². The molecule has 1 aliphatic heterocycles. The second-order valence-corrected chi connectivity index (χ2v) is 17.3.